The zero-order chi connectivity index (χ0) is 24.0. The molecule has 6 heteroatoms. The highest BCUT2D eigenvalue weighted by molar-refractivity contribution is 5.90. The van der Waals surface area contributed by atoms with Crippen LogP contribution in [0.15, 0.2) is 91.0 Å². The molecule has 0 aliphatic carbocycles. The Labute approximate surface area is 199 Å². The minimum absolute atomic E-state index is 0.135. The molecule has 2 N–H and O–H groups in total. The Hall–Kier alpha value is -3.93. The van der Waals surface area contributed by atoms with E-state index < -0.39 is 29.9 Å². The molecule has 0 unspecified atom stereocenters. The fourth-order valence-corrected chi connectivity index (χ4v) is 4.92. The fourth-order valence-electron chi connectivity index (χ4n) is 4.92. The first-order valence-electron chi connectivity index (χ1n) is 11.5. The van der Waals surface area contributed by atoms with E-state index in [0.717, 1.165) is 16.7 Å². The summed E-state index contributed by atoms with van der Waals surface area (Å²) in [5, 5.41) is 11.4. The summed E-state index contributed by atoms with van der Waals surface area (Å²) >= 11 is 0. The van der Waals surface area contributed by atoms with Gasteiger partial charge in [0.25, 0.3) is 0 Å². The lowest BCUT2D eigenvalue weighted by Crippen LogP contribution is -2.48. The Balaban J connectivity index is 1.75. The van der Waals surface area contributed by atoms with Crippen molar-refractivity contribution in [3.05, 3.63) is 108 Å². The first kappa shape index (κ1) is 23.2. The summed E-state index contributed by atoms with van der Waals surface area (Å²) in [5.41, 5.74) is 2.23. The predicted molar refractivity (Wildman–Crippen MR) is 129 cm³/mol. The molecule has 4 rings (SSSR count). The lowest BCUT2D eigenvalue weighted by atomic mass is 9.67. The van der Waals surface area contributed by atoms with E-state index in [1.807, 2.05) is 91.0 Å². The standard InChI is InChI=1S/C28H28N2O4/c31-25(30-18-10-17-24(30)27(34)29-20-26(32)33)19-28(21-11-4-1-5-12-21,22-13-6-2-7-14-22)23-15-8-3-9-16-23/h1-9,11-16,24H,10,17-20H2,(H,29,34)(H,32,33)/t24-/m0/s1. The average molecular weight is 457 g/mol. The molecule has 1 atom stereocenters. The molecule has 174 valence electrons. The SMILES string of the molecule is O=C(O)CNC(=O)[C@@H]1CCCN1C(=O)CC(c1ccccc1)(c1ccccc1)c1ccccc1. The molecule has 0 aromatic heterocycles. The number of carboxylic acid groups (broad SMARTS) is 1. The molecule has 3 aromatic rings. The third-order valence-corrected chi connectivity index (χ3v) is 6.51. The lowest BCUT2D eigenvalue weighted by molar-refractivity contribution is -0.141. The number of rotatable bonds is 8. The Morgan fingerprint density at radius 1 is 0.824 bits per heavy atom. The van der Waals surface area contributed by atoms with Crippen molar-refractivity contribution >= 4 is 17.8 Å². The van der Waals surface area contributed by atoms with Gasteiger partial charge in [-0.05, 0) is 29.5 Å². The van der Waals surface area contributed by atoms with Gasteiger partial charge in [0.1, 0.15) is 12.6 Å². The number of aliphatic carboxylic acids is 1. The monoisotopic (exact) mass is 456 g/mol. The first-order valence-corrected chi connectivity index (χ1v) is 11.5. The van der Waals surface area contributed by atoms with Crippen molar-refractivity contribution in [1.82, 2.24) is 10.2 Å². The van der Waals surface area contributed by atoms with Crippen molar-refractivity contribution < 1.29 is 19.5 Å². The van der Waals surface area contributed by atoms with Crippen LogP contribution < -0.4 is 5.32 Å². The summed E-state index contributed by atoms with van der Waals surface area (Å²) in [6.07, 6.45) is 1.37. The number of carbonyl (C=O) groups is 3. The highest BCUT2D eigenvalue weighted by Crippen LogP contribution is 2.43. The van der Waals surface area contributed by atoms with Crippen LogP contribution in [0.25, 0.3) is 0 Å². The maximum Gasteiger partial charge on any atom is 0.322 e. The Bertz CT molecular complexity index is 1040. The van der Waals surface area contributed by atoms with Gasteiger partial charge >= 0.3 is 5.97 Å². The van der Waals surface area contributed by atoms with Crippen molar-refractivity contribution in [2.45, 2.75) is 30.7 Å². The van der Waals surface area contributed by atoms with Gasteiger partial charge in [-0.3, -0.25) is 14.4 Å². The van der Waals surface area contributed by atoms with Crippen LogP contribution in [0.2, 0.25) is 0 Å². The highest BCUT2D eigenvalue weighted by atomic mass is 16.4. The van der Waals surface area contributed by atoms with Gasteiger partial charge in [0.05, 0.1) is 5.41 Å². The normalized spacial score (nSPS) is 15.6. The van der Waals surface area contributed by atoms with E-state index in [1.165, 1.54) is 0 Å². The van der Waals surface area contributed by atoms with Crippen molar-refractivity contribution in [1.29, 1.82) is 0 Å². The van der Waals surface area contributed by atoms with E-state index in [4.69, 9.17) is 5.11 Å². The van der Waals surface area contributed by atoms with Gasteiger partial charge in [-0.1, -0.05) is 91.0 Å². The maximum absolute atomic E-state index is 13.9. The van der Waals surface area contributed by atoms with E-state index in [2.05, 4.69) is 5.32 Å². The summed E-state index contributed by atoms with van der Waals surface area (Å²) in [6, 6.07) is 29.2. The topological polar surface area (TPSA) is 86.7 Å². The molecule has 1 fully saturated rings. The van der Waals surface area contributed by atoms with Crippen LogP contribution in [-0.2, 0) is 19.8 Å². The van der Waals surface area contributed by atoms with E-state index in [-0.39, 0.29) is 12.3 Å². The highest BCUT2D eigenvalue weighted by Gasteiger charge is 2.42. The smallest absolute Gasteiger partial charge is 0.322 e. The fraction of sp³-hybridized carbons (Fsp3) is 0.250. The minimum Gasteiger partial charge on any atom is -0.480 e. The average Bonchev–Trinajstić information content (AvgIpc) is 3.38. The second kappa shape index (κ2) is 10.3. The summed E-state index contributed by atoms with van der Waals surface area (Å²) in [5.74, 6) is -1.66. The van der Waals surface area contributed by atoms with Crippen LogP contribution in [-0.4, -0.2) is 46.9 Å². The summed E-state index contributed by atoms with van der Waals surface area (Å²) < 4.78 is 0. The number of likely N-dealkylation sites (tertiary alicyclic amines) is 1. The third kappa shape index (κ3) is 4.71. The Morgan fingerprint density at radius 2 is 1.29 bits per heavy atom. The molecule has 1 aliphatic rings. The van der Waals surface area contributed by atoms with Gasteiger partial charge in [-0.25, -0.2) is 0 Å². The quantitative estimate of drug-likeness (QED) is 0.507. The molecular weight excluding hydrogens is 428 g/mol. The maximum atomic E-state index is 13.9. The van der Waals surface area contributed by atoms with Crippen LogP contribution in [0.5, 0.6) is 0 Å². The van der Waals surface area contributed by atoms with E-state index in [0.29, 0.717) is 19.4 Å². The van der Waals surface area contributed by atoms with Gasteiger partial charge in [0.2, 0.25) is 11.8 Å². The molecule has 1 heterocycles. The Kier molecular flexibility index (Phi) is 7.07. The lowest BCUT2D eigenvalue weighted by Gasteiger charge is -2.37. The van der Waals surface area contributed by atoms with Gasteiger partial charge in [0.15, 0.2) is 0 Å². The van der Waals surface area contributed by atoms with Crippen molar-refractivity contribution in [2.75, 3.05) is 13.1 Å². The number of carboxylic acids is 1. The molecule has 34 heavy (non-hydrogen) atoms. The molecule has 0 radical (unpaired) electrons. The summed E-state index contributed by atoms with van der Waals surface area (Å²) in [7, 11) is 0. The zero-order valence-corrected chi connectivity index (χ0v) is 18.9. The van der Waals surface area contributed by atoms with Crippen molar-refractivity contribution in [3.63, 3.8) is 0 Å². The second-order valence-corrected chi connectivity index (χ2v) is 8.54. The number of amides is 2. The zero-order valence-electron chi connectivity index (χ0n) is 18.9. The van der Waals surface area contributed by atoms with Gasteiger partial charge < -0.3 is 15.3 Å². The van der Waals surface area contributed by atoms with Crippen molar-refractivity contribution in [2.24, 2.45) is 0 Å². The van der Waals surface area contributed by atoms with Gasteiger partial charge in [0, 0.05) is 13.0 Å². The number of nitrogens with one attached hydrogen (secondary N) is 1. The van der Waals surface area contributed by atoms with E-state index in [9.17, 15) is 14.4 Å². The minimum atomic E-state index is -1.11. The number of hydrogen-bond acceptors (Lipinski definition) is 3. The molecule has 3 aromatic carbocycles. The van der Waals surface area contributed by atoms with Crippen LogP contribution in [0, 0.1) is 0 Å². The molecule has 0 spiro atoms. The number of nitrogens with zero attached hydrogens (tertiary/aromatic N) is 1. The van der Waals surface area contributed by atoms with Crippen LogP contribution in [0.3, 0.4) is 0 Å². The third-order valence-electron chi connectivity index (χ3n) is 6.51. The van der Waals surface area contributed by atoms with Crippen LogP contribution in [0.1, 0.15) is 36.0 Å². The number of carbonyl (C=O) groups excluding carboxylic acids is 2. The summed E-state index contributed by atoms with van der Waals surface area (Å²) in [6.45, 7) is 0.0117. The van der Waals surface area contributed by atoms with Crippen LogP contribution >= 0.6 is 0 Å². The predicted octanol–water partition coefficient (Wildman–Crippen LogP) is 3.60. The van der Waals surface area contributed by atoms with Crippen molar-refractivity contribution in [3.8, 4) is 0 Å². The summed E-state index contributed by atoms with van der Waals surface area (Å²) in [4.78, 5) is 39.0. The molecule has 1 aliphatic heterocycles. The number of benzene rings is 3. The molecule has 2 amide bonds. The molecule has 6 nitrogen and oxygen atoms in total. The number of hydrogen-bond donors (Lipinski definition) is 2. The van der Waals surface area contributed by atoms with Gasteiger partial charge in [-0.2, -0.15) is 0 Å². The van der Waals surface area contributed by atoms with Crippen LogP contribution in [0.4, 0.5) is 0 Å². The van der Waals surface area contributed by atoms with E-state index >= 15 is 0 Å². The van der Waals surface area contributed by atoms with Gasteiger partial charge in [-0.15, -0.1) is 0 Å². The first-order chi connectivity index (χ1) is 16.5. The molecule has 1 saturated heterocycles. The molecule has 0 saturated carbocycles. The van der Waals surface area contributed by atoms with E-state index in [1.54, 1.807) is 4.90 Å². The largest absolute Gasteiger partial charge is 0.480 e. The second-order valence-electron chi connectivity index (χ2n) is 8.54. The Morgan fingerprint density at radius 3 is 1.74 bits per heavy atom. The molecular formula is C28H28N2O4. The molecule has 0 bridgehead atoms.